The van der Waals surface area contributed by atoms with Crippen LogP contribution in [0.1, 0.15) is 17.5 Å². The van der Waals surface area contributed by atoms with Crippen LogP contribution < -0.4 is 10.1 Å². The first-order valence-corrected chi connectivity index (χ1v) is 6.66. The minimum absolute atomic E-state index is 0.0613. The Bertz CT molecular complexity index is 501. The molecular formula is C15H21NO5. The molecule has 0 aliphatic rings. The van der Waals surface area contributed by atoms with Crippen LogP contribution in [0.3, 0.4) is 0 Å². The number of aryl methyl sites for hydroxylation is 2. The largest absolute Gasteiger partial charge is 0.493 e. The predicted octanol–water partition coefficient (Wildman–Crippen LogP) is 1.29. The summed E-state index contributed by atoms with van der Waals surface area (Å²) in [6, 6.07) is 5.82. The molecule has 0 aliphatic heterocycles. The highest BCUT2D eigenvalue weighted by molar-refractivity contribution is 5.78. The molecular weight excluding hydrogens is 274 g/mol. The molecule has 0 radical (unpaired) electrons. The average Bonchev–Trinajstić information content (AvgIpc) is 2.41. The van der Waals surface area contributed by atoms with Crippen molar-refractivity contribution in [2.75, 3.05) is 20.3 Å². The molecule has 21 heavy (non-hydrogen) atoms. The summed E-state index contributed by atoms with van der Waals surface area (Å²) in [7, 11) is 1.29. The van der Waals surface area contributed by atoms with Gasteiger partial charge in [-0.05, 0) is 25.5 Å². The lowest BCUT2D eigenvalue weighted by molar-refractivity contribution is -0.148. The molecule has 0 aromatic heterocycles. The zero-order chi connectivity index (χ0) is 15.8. The number of carboxylic acid groups (broad SMARTS) is 1. The summed E-state index contributed by atoms with van der Waals surface area (Å²) in [4.78, 5) is 22.3. The number of hydrogen-bond donors (Lipinski definition) is 2. The van der Waals surface area contributed by atoms with Gasteiger partial charge in [-0.2, -0.15) is 0 Å². The number of carbonyl (C=O) groups is 2. The van der Waals surface area contributed by atoms with Gasteiger partial charge in [-0.1, -0.05) is 17.7 Å². The maximum atomic E-state index is 11.6. The van der Waals surface area contributed by atoms with Crippen LogP contribution in [-0.2, 0) is 14.3 Å². The van der Waals surface area contributed by atoms with Crippen LogP contribution in [0.5, 0.6) is 5.75 Å². The van der Waals surface area contributed by atoms with Crippen molar-refractivity contribution in [2.24, 2.45) is 0 Å². The van der Waals surface area contributed by atoms with Crippen LogP contribution in [0.2, 0.25) is 0 Å². The van der Waals surface area contributed by atoms with Gasteiger partial charge < -0.3 is 19.9 Å². The van der Waals surface area contributed by atoms with E-state index >= 15 is 0 Å². The van der Waals surface area contributed by atoms with Crippen molar-refractivity contribution in [1.29, 1.82) is 0 Å². The van der Waals surface area contributed by atoms with Crippen molar-refractivity contribution in [1.82, 2.24) is 5.32 Å². The molecule has 2 N–H and O–H groups in total. The zero-order valence-corrected chi connectivity index (χ0v) is 12.5. The number of carbonyl (C=O) groups excluding carboxylic acids is 1. The van der Waals surface area contributed by atoms with Crippen molar-refractivity contribution in [3.05, 3.63) is 29.3 Å². The molecule has 6 nitrogen and oxygen atoms in total. The first-order chi connectivity index (χ1) is 9.93. The van der Waals surface area contributed by atoms with Gasteiger partial charge in [0.15, 0.2) is 6.10 Å². The third-order valence-corrected chi connectivity index (χ3v) is 2.96. The summed E-state index contributed by atoms with van der Waals surface area (Å²) in [6.45, 7) is 4.12. The Kier molecular flexibility index (Phi) is 6.68. The summed E-state index contributed by atoms with van der Waals surface area (Å²) in [6.07, 6.45) is -0.877. The van der Waals surface area contributed by atoms with Crippen LogP contribution in [0.25, 0.3) is 0 Å². The maximum Gasteiger partial charge on any atom is 0.334 e. The maximum absolute atomic E-state index is 11.6. The lowest BCUT2D eigenvalue weighted by Crippen LogP contribution is -2.38. The second kappa shape index (κ2) is 8.26. The molecule has 116 valence electrons. The van der Waals surface area contributed by atoms with E-state index in [1.807, 2.05) is 32.0 Å². The third kappa shape index (κ3) is 5.83. The van der Waals surface area contributed by atoms with E-state index in [1.165, 1.54) is 7.11 Å². The highest BCUT2D eigenvalue weighted by Gasteiger charge is 2.16. The quantitative estimate of drug-likeness (QED) is 0.755. The van der Waals surface area contributed by atoms with Crippen LogP contribution >= 0.6 is 0 Å². The lowest BCUT2D eigenvalue weighted by atomic mass is 10.1. The van der Waals surface area contributed by atoms with Gasteiger partial charge in [0, 0.05) is 7.11 Å². The molecule has 1 amide bonds. The van der Waals surface area contributed by atoms with Gasteiger partial charge in [0.25, 0.3) is 0 Å². The molecule has 1 aromatic carbocycles. The molecule has 1 aromatic rings. The van der Waals surface area contributed by atoms with Crippen molar-refractivity contribution in [3.8, 4) is 5.75 Å². The Morgan fingerprint density at radius 3 is 2.62 bits per heavy atom. The van der Waals surface area contributed by atoms with Crippen molar-refractivity contribution in [2.45, 2.75) is 26.4 Å². The van der Waals surface area contributed by atoms with Crippen LogP contribution in [-0.4, -0.2) is 43.3 Å². The Hall–Kier alpha value is -2.08. The zero-order valence-electron chi connectivity index (χ0n) is 12.5. The number of nitrogens with one attached hydrogen (secondary N) is 1. The highest BCUT2D eigenvalue weighted by Crippen LogP contribution is 2.18. The Morgan fingerprint density at radius 1 is 1.33 bits per heavy atom. The summed E-state index contributed by atoms with van der Waals surface area (Å²) in [5.41, 5.74) is 2.16. The number of aliphatic carboxylic acids is 1. The number of ether oxygens (including phenoxy) is 2. The van der Waals surface area contributed by atoms with Gasteiger partial charge in [0.05, 0.1) is 19.6 Å². The van der Waals surface area contributed by atoms with E-state index in [-0.39, 0.29) is 25.5 Å². The van der Waals surface area contributed by atoms with E-state index in [4.69, 9.17) is 14.6 Å². The molecule has 0 fully saturated rings. The monoisotopic (exact) mass is 295 g/mol. The van der Waals surface area contributed by atoms with E-state index < -0.39 is 12.1 Å². The molecule has 0 saturated heterocycles. The van der Waals surface area contributed by atoms with Gasteiger partial charge in [0.2, 0.25) is 5.91 Å². The van der Waals surface area contributed by atoms with Gasteiger partial charge in [-0.15, -0.1) is 0 Å². The number of carboxylic acids is 1. The smallest absolute Gasteiger partial charge is 0.334 e. The van der Waals surface area contributed by atoms with Crippen LogP contribution in [0.15, 0.2) is 18.2 Å². The van der Waals surface area contributed by atoms with Gasteiger partial charge in [-0.3, -0.25) is 4.79 Å². The van der Waals surface area contributed by atoms with Gasteiger partial charge in [0.1, 0.15) is 5.75 Å². The summed E-state index contributed by atoms with van der Waals surface area (Å²) < 4.78 is 10.3. The summed E-state index contributed by atoms with van der Waals surface area (Å²) >= 11 is 0. The number of hydrogen-bond acceptors (Lipinski definition) is 4. The van der Waals surface area contributed by atoms with E-state index in [9.17, 15) is 9.59 Å². The third-order valence-electron chi connectivity index (χ3n) is 2.96. The normalized spacial score (nSPS) is 11.8. The van der Waals surface area contributed by atoms with Crippen LogP contribution in [0, 0.1) is 13.8 Å². The number of amides is 1. The summed E-state index contributed by atoms with van der Waals surface area (Å²) in [5.74, 6) is -0.638. The Balaban J connectivity index is 2.32. The van der Waals surface area contributed by atoms with E-state index in [0.29, 0.717) is 0 Å². The average molecular weight is 295 g/mol. The topological polar surface area (TPSA) is 84.9 Å². The number of rotatable bonds is 8. The fourth-order valence-corrected chi connectivity index (χ4v) is 1.78. The molecule has 1 atom stereocenters. The van der Waals surface area contributed by atoms with E-state index in [2.05, 4.69) is 5.32 Å². The minimum Gasteiger partial charge on any atom is -0.493 e. The molecule has 0 spiro atoms. The van der Waals surface area contributed by atoms with Crippen molar-refractivity contribution in [3.63, 3.8) is 0 Å². The minimum atomic E-state index is -1.11. The van der Waals surface area contributed by atoms with E-state index in [0.717, 1.165) is 16.9 Å². The highest BCUT2D eigenvalue weighted by atomic mass is 16.5. The SMILES string of the molecule is COC(CNC(=O)CCOc1ccc(C)cc1C)C(=O)O. The number of methoxy groups -OCH3 is 1. The molecule has 0 aliphatic carbocycles. The molecule has 6 heteroatoms. The molecule has 0 heterocycles. The van der Waals surface area contributed by atoms with E-state index in [1.54, 1.807) is 0 Å². The van der Waals surface area contributed by atoms with Gasteiger partial charge in [-0.25, -0.2) is 4.79 Å². The molecule has 0 saturated carbocycles. The second-order valence-corrected chi connectivity index (χ2v) is 4.73. The van der Waals surface area contributed by atoms with Crippen molar-refractivity contribution < 1.29 is 24.2 Å². The van der Waals surface area contributed by atoms with Gasteiger partial charge >= 0.3 is 5.97 Å². The second-order valence-electron chi connectivity index (χ2n) is 4.73. The fourth-order valence-electron chi connectivity index (χ4n) is 1.78. The fraction of sp³-hybridized carbons (Fsp3) is 0.467. The van der Waals surface area contributed by atoms with Crippen LogP contribution in [0.4, 0.5) is 0 Å². The predicted molar refractivity (Wildman–Crippen MR) is 77.5 cm³/mol. The lowest BCUT2D eigenvalue weighted by Gasteiger charge is -2.12. The first-order valence-electron chi connectivity index (χ1n) is 6.66. The Labute approximate surface area is 124 Å². The standard InChI is InChI=1S/C15H21NO5/c1-10-4-5-12(11(2)8-10)21-7-6-14(17)16-9-13(20-3)15(18)19/h4-5,8,13H,6-7,9H2,1-3H3,(H,16,17)(H,18,19). The Morgan fingerprint density at radius 2 is 2.05 bits per heavy atom. The molecule has 1 rings (SSSR count). The summed E-state index contributed by atoms with van der Waals surface area (Å²) in [5, 5.41) is 11.3. The van der Waals surface area contributed by atoms with Crippen molar-refractivity contribution >= 4 is 11.9 Å². The molecule has 1 unspecified atom stereocenters. The number of benzene rings is 1. The first kappa shape index (κ1) is 17.0. The molecule has 0 bridgehead atoms.